The van der Waals surface area contributed by atoms with Crippen molar-refractivity contribution in [1.29, 1.82) is 0 Å². The van der Waals surface area contributed by atoms with Crippen LogP contribution < -0.4 is 0 Å². The average Bonchev–Trinajstić information content (AvgIpc) is 2.84. The largest absolute Gasteiger partial charge is 0.391 e. The fourth-order valence-electron chi connectivity index (χ4n) is 2.73. The Kier molecular flexibility index (Phi) is 4.02. The molecule has 108 valence electrons. The van der Waals surface area contributed by atoms with Gasteiger partial charge in [-0.25, -0.2) is 0 Å². The van der Waals surface area contributed by atoms with Gasteiger partial charge in [0, 0.05) is 13.1 Å². The van der Waals surface area contributed by atoms with Crippen molar-refractivity contribution in [2.45, 2.75) is 18.9 Å². The van der Waals surface area contributed by atoms with Gasteiger partial charge in [0.15, 0.2) is 0 Å². The number of hydrogen-bond donors (Lipinski definition) is 1. The van der Waals surface area contributed by atoms with E-state index in [1.807, 2.05) is 18.2 Å². The molecule has 1 heterocycles. The van der Waals surface area contributed by atoms with Crippen LogP contribution in [0.15, 0.2) is 54.6 Å². The van der Waals surface area contributed by atoms with Crippen molar-refractivity contribution in [3.8, 4) is 11.1 Å². The Bertz CT molecular complexity index is 607. The van der Waals surface area contributed by atoms with E-state index in [2.05, 4.69) is 36.4 Å². The van der Waals surface area contributed by atoms with Gasteiger partial charge in [-0.1, -0.05) is 54.6 Å². The number of hydrogen-bond acceptors (Lipinski definition) is 2. The summed E-state index contributed by atoms with van der Waals surface area (Å²) in [6.45, 7) is 1.15. The van der Waals surface area contributed by atoms with Crippen LogP contribution in [0.1, 0.15) is 12.0 Å². The monoisotopic (exact) mass is 281 g/mol. The van der Waals surface area contributed by atoms with Crippen LogP contribution in [-0.2, 0) is 11.2 Å². The third-order valence-electron chi connectivity index (χ3n) is 3.93. The Morgan fingerprint density at radius 2 is 1.67 bits per heavy atom. The van der Waals surface area contributed by atoms with Crippen LogP contribution in [0.5, 0.6) is 0 Å². The van der Waals surface area contributed by atoms with Crippen molar-refractivity contribution < 1.29 is 9.90 Å². The second-order valence-electron chi connectivity index (χ2n) is 5.51. The van der Waals surface area contributed by atoms with Crippen LogP contribution in [-0.4, -0.2) is 35.1 Å². The van der Waals surface area contributed by atoms with Crippen molar-refractivity contribution in [2.24, 2.45) is 0 Å². The molecular weight excluding hydrogens is 262 g/mol. The summed E-state index contributed by atoms with van der Waals surface area (Å²) in [5.74, 6) is 0.0587. The van der Waals surface area contributed by atoms with Gasteiger partial charge in [-0.15, -0.1) is 0 Å². The van der Waals surface area contributed by atoms with E-state index in [0.29, 0.717) is 13.1 Å². The van der Waals surface area contributed by atoms with Crippen LogP contribution in [0.2, 0.25) is 0 Å². The lowest BCUT2D eigenvalue weighted by atomic mass is 10.0. The topological polar surface area (TPSA) is 40.5 Å². The molecule has 0 aromatic heterocycles. The van der Waals surface area contributed by atoms with Crippen LogP contribution in [0.3, 0.4) is 0 Å². The number of carbonyl (C=O) groups is 1. The molecule has 2 aromatic rings. The Hall–Kier alpha value is -2.13. The zero-order valence-corrected chi connectivity index (χ0v) is 11.9. The van der Waals surface area contributed by atoms with E-state index in [1.54, 1.807) is 4.90 Å². The predicted octanol–water partition coefficient (Wildman–Crippen LogP) is 2.49. The van der Waals surface area contributed by atoms with E-state index in [-0.39, 0.29) is 12.3 Å². The number of β-amino-alcohol motifs (C(OH)–C–C–N with tert-alkyl or cyclic N) is 1. The van der Waals surface area contributed by atoms with E-state index in [0.717, 1.165) is 6.42 Å². The highest BCUT2D eigenvalue weighted by atomic mass is 16.3. The molecule has 1 aliphatic rings. The first-order valence-electron chi connectivity index (χ1n) is 7.32. The van der Waals surface area contributed by atoms with Gasteiger partial charge in [0.05, 0.1) is 12.5 Å². The maximum Gasteiger partial charge on any atom is 0.225 e. The summed E-state index contributed by atoms with van der Waals surface area (Å²) >= 11 is 0. The van der Waals surface area contributed by atoms with E-state index < -0.39 is 6.10 Å². The third kappa shape index (κ3) is 3.31. The maximum absolute atomic E-state index is 11.6. The highest BCUT2D eigenvalue weighted by molar-refractivity contribution is 5.79. The minimum Gasteiger partial charge on any atom is -0.391 e. The number of rotatable bonds is 4. The second-order valence-corrected chi connectivity index (χ2v) is 5.51. The summed E-state index contributed by atoms with van der Waals surface area (Å²) in [5.41, 5.74) is 3.62. The molecule has 3 heteroatoms. The summed E-state index contributed by atoms with van der Waals surface area (Å²) in [6, 6.07) is 18.7. The van der Waals surface area contributed by atoms with Crippen LogP contribution in [0.25, 0.3) is 11.1 Å². The normalized spacial score (nSPS) is 18.2. The second kappa shape index (κ2) is 6.10. The number of likely N-dealkylation sites (tertiary alicyclic amines) is 1. The van der Waals surface area contributed by atoms with Gasteiger partial charge in [-0.05, 0) is 23.1 Å². The lowest BCUT2D eigenvalue weighted by Gasteiger charge is -2.15. The first kappa shape index (κ1) is 13.8. The highest BCUT2D eigenvalue weighted by Gasteiger charge is 2.27. The first-order valence-corrected chi connectivity index (χ1v) is 7.32. The zero-order chi connectivity index (χ0) is 14.7. The van der Waals surface area contributed by atoms with Gasteiger partial charge >= 0.3 is 0 Å². The molecule has 1 unspecified atom stereocenters. The molecule has 0 spiro atoms. The number of benzene rings is 2. The third-order valence-corrected chi connectivity index (χ3v) is 3.93. The predicted molar refractivity (Wildman–Crippen MR) is 82.8 cm³/mol. The first-order chi connectivity index (χ1) is 10.2. The zero-order valence-electron chi connectivity index (χ0n) is 11.9. The van der Waals surface area contributed by atoms with Crippen LogP contribution in [0.4, 0.5) is 0 Å². The molecule has 1 saturated heterocycles. The van der Waals surface area contributed by atoms with E-state index in [9.17, 15) is 9.90 Å². The van der Waals surface area contributed by atoms with E-state index in [4.69, 9.17) is 0 Å². The van der Waals surface area contributed by atoms with Gasteiger partial charge in [0.25, 0.3) is 0 Å². The van der Waals surface area contributed by atoms with Gasteiger partial charge in [0.2, 0.25) is 5.91 Å². The number of carbonyl (C=O) groups excluding carboxylic acids is 1. The molecule has 0 bridgehead atoms. The summed E-state index contributed by atoms with van der Waals surface area (Å²) < 4.78 is 0. The number of amides is 1. The molecule has 2 aromatic carbocycles. The van der Waals surface area contributed by atoms with Crippen LogP contribution >= 0.6 is 0 Å². The highest BCUT2D eigenvalue weighted by Crippen LogP contribution is 2.20. The Labute approximate surface area is 124 Å². The number of aliphatic hydroxyl groups excluding tert-OH is 1. The van der Waals surface area contributed by atoms with Crippen molar-refractivity contribution in [3.63, 3.8) is 0 Å². The van der Waals surface area contributed by atoms with Crippen molar-refractivity contribution in [2.75, 3.05) is 13.1 Å². The fourth-order valence-corrected chi connectivity index (χ4v) is 2.73. The molecule has 1 aliphatic heterocycles. The maximum atomic E-state index is 11.6. The lowest BCUT2D eigenvalue weighted by molar-refractivity contribution is -0.127. The molecular formula is C18H19NO2. The molecule has 3 rings (SSSR count). The lowest BCUT2D eigenvalue weighted by Crippen LogP contribution is -2.28. The molecule has 0 saturated carbocycles. The Morgan fingerprint density at radius 3 is 2.29 bits per heavy atom. The molecule has 3 nitrogen and oxygen atoms in total. The smallest absolute Gasteiger partial charge is 0.225 e. The Morgan fingerprint density at radius 1 is 1.00 bits per heavy atom. The van der Waals surface area contributed by atoms with Gasteiger partial charge in [-0.3, -0.25) is 4.79 Å². The molecule has 1 fully saturated rings. The minimum atomic E-state index is -0.488. The molecule has 21 heavy (non-hydrogen) atoms. The molecule has 0 aliphatic carbocycles. The SMILES string of the molecule is O=C1CC(O)CN1CCc1ccc(-c2ccccc2)cc1. The quantitative estimate of drug-likeness (QED) is 0.935. The summed E-state index contributed by atoms with van der Waals surface area (Å²) in [6.07, 6.45) is 0.610. The van der Waals surface area contributed by atoms with E-state index >= 15 is 0 Å². The van der Waals surface area contributed by atoms with Gasteiger partial charge in [-0.2, -0.15) is 0 Å². The number of aliphatic hydroxyl groups is 1. The fraction of sp³-hybridized carbons (Fsp3) is 0.278. The summed E-state index contributed by atoms with van der Waals surface area (Å²) in [5, 5.41) is 9.47. The van der Waals surface area contributed by atoms with Crippen molar-refractivity contribution >= 4 is 5.91 Å². The molecule has 1 atom stereocenters. The summed E-state index contributed by atoms with van der Waals surface area (Å²) in [4.78, 5) is 13.4. The Balaban J connectivity index is 1.61. The standard InChI is InChI=1S/C18H19NO2/c20-17-12-18(21)19(13-17)11-10-14-6-8-16(9-7-14)15-4-2-1-3-5-15/h1-9,17,20H,10-13H2. The number of nitrogens with zero attached hydrogens (tertiary/aromatic N) is 1. The van der Waals surface area contributed by atoms with E-state index in [1.165, 1.54) is 16.7 Å². The molecule has 1 N–H and O–H groups in total. The average molecular weight is 281 g/mol. The molecule has 1 amide bonds. The summed E-state index contributed by atoms with van der Waals surface area (Å²) in [7, 11) is 0. The van der Waals surface area contributed by atoms with Gasteiger partial charge in [0.1, 0.15) is 0 Å². The van der Waals surface area contributed by atoms with Crippen molar-refractivity contribution in [1.82, 2.24) is 4.90 Å². The van der Waals surface area contributed by atoms with Crippen LogP contribution in [0, 0.1) is 0 Å². The molecule has 0 radical (unpaired) electrons. The minimum absolute atomic E-state index is 0.0587. The van der Waals surface area contributed by atoms with Gasteiger partial charge < -0.3 is 10.0 Å². The van der Waals surface area contributed by atoms with Crippen molar-refractivity contribution in [3.05, 3.63) is 60.2 Å².